The summed E-state index contributed by atoms with van der Waals surface area (Å²) in [6.45, 7) is 0. The van der Waals surface area contributed by atoms with Gasteiger partial charge in [0, 0.05) is 7.05 Å². The van der Waals surface area contributed by atoms with E-state index in [0.717, 1.165) is 7.05 Å². The van der Waals surface area contributed by atoms with Crippen LogP contribution in [-0.2, 0) is 7.05 Å². The first-order valence-corrected chi connectivity index (χ1v) is 5.25. The second kappa shape index (κ2) is 4.36. The van der Waals surface area contributed by atoms with E-state index in [2.05, 4.69) is 4.98 Å². The highest BCUT2D eigenvalue weighted by Crippen LogP contribution is 2.45. The lowest BCUT2D eigenvalue weighted by atomic mass is 10.1. The van der Waals surface area contributed by atoms with Gasteiger partial charge in [-0.15, -0.1) is 0 Å². The Bertz CT molecular complexity index is 782. The molecule has 21 heavy (non-hydrogen) atoms. The van der Waals surface area contributed by atoms with Crippen LogP contribution < -0.4 is 11.2 Å². The average Bonchev–Trinajstić information content (AvgIpc) is 2.66. The van der Waals surface area contributed by atoms with Gasteiger partial charge in [-0.1, -0.05) is 0 Å². The molecular weight excluding hydrogens is 310 g/mol. The van der Waals surface area contributed by atoms with Gasteiger partial charge in [-0.3, -0.25) is 14.3 Å². The van der Waals surface area contributed by atoms with Crippen LogP contribution in [0, 0.1) is 0 Å². The quantitative estimate of drug-likeness (QED) is 0.774. The second-order valence-corrected chi connectivity index (χ2v) is 4.16. The Labute approximate surface area is 110 Å². The molecule has 0 spiro atoms. The van der Waals surface area contributed by atoms with E-state index in [1.165, 1.54) is 0 Å². The minimum absolute atomic E-state index is 0.600. The number of alkyl halides is 6. The lowest BCUT2D eigenvalue weighted by Crippen LogP contribution is -2.35. The zero-order valence-corrected chi connectivity index (χ0v) is 10.1. The van der Waals surface area contributed by atoms with Crippen LogP contribution >= 0.6 is 0 Å². The first kappa shape index (κ1) is 15.1. The molecule has 0 fully saturated rings. The summed E-state index contributed by atoms with van der Waals surface area (Å²) in [4.78, 5) is 29.2. The van der Waals surface area contributed by atoms with Gasteiger partial charge in [-0.2, -0.15) is 26.3 Å². The van der Waals surface area contributed by atoms with Crippen molar-refractivity contribution >= 4 is 11.2 Å². The molecule has 0 aliphatic heterocycles. The van der Waals surface area contributed by atoms with Crippen LogP contribution in [0.15, 0.2) is 9.59 Å². The highest BCUT2D eigenvalue weighted by Gasteiger charge is 2.59. The van der Waals surface area contributed by atoms with E-state index in [1.54, 1.807) is 9.97 Å². The predicted molar refractivity (Wildman–Crippen MR) is 56.8 cm³/mol. The summed E-state index contributed by atoms with van der Waals surface area (Å²) in [5, 5.41) is 0. The number of halogens is 6. The summed E-state index contributed by atoms with van der Waals surface area (Å²) in [5.74, 6) is -5.39. The van der Waals surface area contributed by atoms with E-state index in [9.17, 15) is 35.9 Å². The van der Waals surface area contributed by atoms with E-state index in [-0.39, 0.29) is 0 Å². The molecule has 0 atom stereocenters. The Hall–Kier alpha value is -2.27. The van der Waals surface area contributed by atoms with Gasteiger partial charge in [0.1, 0.15) is 11.3 Å². The van der Waals surface area contributed by atoms with Crippen molar-refractivity contribution in [2.45, 2.75) is 18.3 Å². The lowest BCUT2D eigenvalue weighted by Gasteiger charge is -2.20. The smallest absolute Gasteiger partial charge is 0.335 e. The molecule has 116 valence electrons. The van der Waals surface area contributed by atoms with E-state index in [4.69, 9.17) is 0 Å². The Morgan fingerprint density at radius 3 is 2.05 bits per heavy atom. The third-order valence-electron chi connectivity index (χ3n) is 2.70. The molecule has 2 rings (SSSR count). The molecule has 0 saturated heterocycles. The van der Waals surface area contributed by atoms with Crippen LogP contribution in [0.25, 0.3) is 11.2 Å². The van der Waals surface area contributed by atoms with Crippen molar-refractivity contribution in [3.05, 3.63) is 26.7 Å². The van der Waals surface area contributed by atoms with Crippen LogP contribution in [0.4, 0.5) is 26.3 Å². The molecule has 0 aliphatic carbocycles. The molecule has 0 radical (unpaired) electrons. The molecule has 2 aromatic rings. The van der Waals surface area contributed by atoms with Gasteiger partial charge < -0.3 is 4.98 Å². The van der Waals surface area contributed by atoms with E-state index in [1.807, 2.05) is 0 Å². The zero-order chi connectivity index (χ0) is 16.2. The maximum atomic E-state index is 12.6. The SMILES string of the molecule is Cn1c(=O)[nH]c(=O)c2[nH]c(C(C(F)(F)F)C(F)(F)F)nc21. The summed E-state index contributed by atoms with van der Waals surface area (Å²) in [5.41, 5.74) is -3.42. The molecule has 6 nitrogen and oxygen atoms in total. The molecule has 0 aliphatic rings. The van der Waals surface area contributed by atoms with Crippen LogP contribution in [0.1, 0.15) is 11.7 Å². The molecule has 0 bridgehead atoms. The molecule has 0 aromatic carbocycles. The molecule has 12 heteroatoms. The van der Waals surface area contributed by atoms with Gasteiger partial charge in [0.25, 0.3) is 5.56 Å². The Morgan fingerprint density at radius 1 is 1.05 bits per heavy atom. The summed E-state index contributed by atoms with van der Waals surface area (Å²) in [6.07, 6.45) is -11.3. The van der Waals surface area contributed by atoms with E-state index >= 15 is 0 Å². The maximum Gasteiger partial charge on any atom is 0.407 e. The van der Waals surface area contributed by atoms with Crippen molar-refractivity contribution in [2.75, 3.05) is 0 Å². The number of aromatic amines is 2. The van der Waals surface area contributed by atoms with Crippen molar-refractivity contribution in [2.24, 2.45) is 7.05 Å². The molecular formula is C9H6F6N4O2. The minimum atomic E-state index is -5.66. The van der Waals surface area contributed by atoms with Crippen LogP contribution in [-0.4, -0.2) is 31.9 Å². The van der Waals surface area contributed by atoms with E-state index in [0.29, 0.717) is 4.57 Å². The molecule has 2 N–H and O–H groups in total. The average molecular weight is 316 g/mol. The number of hydrogen-bond acceptors (Lipinski definition) is 3. The van der Waals surface area contributed by atoms with Crippen molar-refractivity contribution in [3.8, 4) is 0 Å². The standard InChI is InChI=1S/C9H6F6N4O2/c1-19-5-2(6(20)18-7(19)21)16-4(17-5)3(8(10,11)12)9(13,14)15/h3H,1H3,(H,16,17)(H,18,20,21). The van der Waals surface area contributed by atoms with Gasteiger partial charge in [0.2, 0.25) is 5.92 Å². The lowest BCUT2D eigenvalue weighted by molar-refractivity contribution is -0.255. The fourth-order valence-electron chi connectivity index (χ4n) is 1.75. The Balaban J connectivity index is 2.78. The number of fused-ring (bicyclic) bond motifs is 1. The number of aromatic nitrogens is 4. The first-order chi connectivity index (χ1) is 9.43. The highest BCUT2D eigenvalue weighted by molar-refractivity contribution is 5.69. The molecule has 0 unspecified atom stereocenters. The molecule has 2 aromatic heterocycles. The third kappa shape index (κ3) is 2.52. The number of imidazole rings is 1. The number of H-pyrrole nitrogens is 2. The van der Waals surface area contributed by atoms with Crippen molar-refractivity contribution in [3.63, 3.8) is 0 Å². The number of rotatable bonds is 1. The topological polar surface area (TPSA) is 83.5 Å². The summed E-state index contributed by atoms with van der Waals surface area (Å²) >= 11 is 0. The van der Waals surface area contributed by atoms with Gasteiger partial charge in [0.05, 0.1) is 0 Å². The number of nitrogens with zero attached hydrogens (tertiary/aromatic N) is 2. The number of aryl methyl sites for hydroxylation is 1. The van der Waals surface area contributed by atoms with E-state index < -0.39 is 46.5 Å². The van der Waals surface area contributed by atoms with Gasteiger partial charge in [0.15, 0.2) is 5.65 Å². The molecule has 0 amide bonds. The van der Waals surface area contributed by atoms with Gasteiger partial charge in [-0.25, -0.2) is 9.78 Å². The van der Waals surface area contributed by atoms with Gasteiger partial charge in [-0.05, 0) is 0 Å². The van der Waals surface area contributed by atoms with Crippen LogP contribution in [0.5, 0.6) is 0 Å². The fourth-order valence-corrected chi connectivity index (χ4v) is 1.75. The molecule has 0 saturated carbocycles. The number of nitrogens with one attached hydrogen (secondary N) is 2. The minimum Gasteiger partial charge on any atom is -0.335 e. The first-order valence-electron chi connectivity index (χ1n) is 5.25. The Kier molecular flexibility index (Phi) is 3.14. The number of hydrogen-bond donors (Lipinski definition) is 2. The fraction of sp³-hybridized carbons (Fsp3) is 0.444. The Morgan fingerprint density at radius 2 is 1.57 bits per heavy atom. The van der Waals surface area contributed by atoms with Crippen molar-refractivity contribution in [1.82, 2.24) is 19.5 Å². The third-order valence-corrected chi connectivity index (χ3v) is 2.70. The normalized spacial score (nSPS) is 13.3. The predicted octanol–water partition coefficient (Wildman–Crippen LogP) is 1.16. The second-order valence-electron chi connectivity index (χ2n) is 4.16. The molecule has 2 heterocycles. The van der Waals surface area contributed by atoms with Crippen molar-refractivity contribution in [1.29, 1.82) is 0 Å². The zero-order valence-electron chi connectivity index (χ0n) is 10.1. The summed E-state index contributed by atoms with van der Waals surface area (Å²) < 4.78 is 76.1. The summed E-state index contributed by atoms with van der Waals surface area (Å²) in [6, 6.07) is 0. The van der Waals surface area contributed by atoms with Crippen LogP contribution in [0.2, 0.25) is 0 Å². The maximum absolute atomic E-state index is 12.6. The largest absolute Gasteiger partial charge is 0.407 e. The van der Waals surface area contributed by atoms with Crippen LogP contribution in [0.3, 0.4) is 0 Å². The highest BCUT2D eigenvalue weighted by atomic mass is 19.4. The van der Waals surface area contributed by atoms with Gasteiger partial charge >= 0.3 is 18.0 Å². The van der Waals surface area contributed by atoms with Crippen molar-refractivity contribution < 1.29 is 26.3 Å². The monoisotopic (exact) mass is 316 g/mol. The summed E-state index contributed by atoms with van der Waals surface area (Å²) in [7, 11) is 1.04.